The van der Waals surface area contributed by atoms with Crippen LogP contribution < -0.4 is 26.3 Å². The molecule has 2 aliphatic rings. The molecular weight excluding hydrogens is 758 g/mol. The topological polar surface area (TPSA) is 19.4 Å². The van der Waals surface area contributed by atoms with Crippen molar-refractivity contribution in [2.45, 2.75) is 112 Å². The smallest absolute Gasteiger partial charge is 0.276 e. The number of rotatable bonds is 4. The Morgan fingerprint density at radius 2 is 0.852 bits per heavy atom. The molecule has 3 nitrogen and oxygen atoms in total. The summed E-state index contributed by atoms with van der Waals surface area (Å²) in [6.07, 6.45) is 0. The van der Waals surface area contributed by atoms with Gasteiger partial charge in [-0.05, 0) is 121 Å². The molecule has 7 aromatic rings. The summed E-state index contributed by atoms with van der Waals surface area (Å²) in [6.45, 7) is 29.7. The van der Waals surface area contributed by atoms with Crippen LogP contribution in [-0.2, 0) is 21.7 Å². The highest BCUT2D eigenvalue weighted by Gasteiger charge is 2.46. The van der Waals surface area contributed by atoms with Crippen LogP contribution in [0.2, 0.25) is 0 Å². The Labute approximate surface area is 369 Å². The number of benzene rings is 6. The molecule has 0 radical (unpaired) electrons. The molecule has 1 aromatic heterocycles. The third kappa shape index (κ3) is 7.33. The van der Waals surface area contributed by atoms with Crippen molar-refractivity contribution in [3.8, 4) is 21.7 Å². The summed E-state index contributed by atoms with van der Waals surface area (Å²) in [5.74, 6) is 0. The highest BCUT2D eigenvalue weighted by molar-refractivity contribution is 7.22. The van der Waals surface area contributed by atoms with Gasteiger partial charge in [-0.3, -0.25) is 0 Å². The van der Waals surface area contributed by atoms with E-state index in [0.29, 0.717) is 0 Å². The van der Waals surface area contributed by atoms with E-state index in [1.165, 1.54) is 77.6 Å². The van der Waals surface area contributed by atoms with Crippen molar-refractivity contribution in [1.82, 2.24) is 4.98 Å². The first kappa shape index (κ1) is 41.0. The zero-order chi connectivity index (χ0) is 43.4. The van der Waals surface area contributed by atoms with Crippen molar-refractivity contribution in [3.63, 3.8) is 0 Å². The molecule has 0 fully saturated rings. The van der Waals surface area contributed by atoms with Gasteiger partial charge < -0.3 is 9.80 Å². The van der Waals surface area contributed by atoms with Gasteiger partial charge in [0.1, 0.15) is 10.0 Å². The molecule has 0 amide bonds. The number of aryl methyl sites for hydroxylation is 1. The fraction of sp³-hybridized carbons (Fsp3) is 0.304. The van der Waals surface area contributed by atoms with Gasteiger partial charge in [0.25, 0.3) is 6.71 Å². The van der Waals surface area contributed by atoms with Crippen LogP contribution >= 0.6 is 11.3 Å². The van der Waals surface area contributed by atoms with Crippen molar-refractivity contribution < 1.29 is 0 Å². The molecule has 0 N–H and O–H groups in total. The van der Waals surface area contributed by atoms with E-state index in [9.17, 15) is 0 Å². The monoisotopic (exact) mass is 817 g/mol. The van der Waals surface area contributed by atoms with E-state index in [1.807, 2.05) is 11.3 Å². The molecule has 3 heterocycles. The molecule has 308 valence electrons. The first-order chi connectivity index (χ1) is 28.7. The molecule has 2 aliphatic heterocycles. The predicted molar refractivity (Wildman–Crippen MR) is 267 cm³/mol. The number of fused-ring (bicyclic) bond motifs is 4. The minimum atomic E-state index is -0.0429. The lowest BCUT2D eigenvalue weighted by Gasteiger charge is -2.43. The van der Waals surface area contributed by atoms with Gasteiger partial charge in [-0.2, -0.15) is 0 Å². The second kappa shape index (κ2) is 14.3. The van der Waals surface area contributed by atoms with E-state index in [1.54, 1.807) is 0 Å². The summed E-state index contributed by atoms with van der Waals surface area (Å²) in [5.41, 5.74) is 20.1. The van der Waals surface area contributed by atoms with Crippen molar-refractivity contribution >= 4 is 68.0 Å². The summed E-state index contributed by atoms with van der Waals surface area (Å²) in [7, 11) is 0. The minimum Gasteiger partial charge on any atom is -0.311 e. The third-order valence-electron chi connectivity index (χ3n) is 12.8. The van der Waals surface area contributed by atoms with Crippen molar-refractivity contribution in [2.24, 2.45) is 0 Å². The maximum Gasteiger partial charge on any atom is 0.276 e. The summed E-state index contributed by atoms with van der Waals surface area (Å²) < 4.78 is 0. The van der Waals surface area contributed by atoms with E-state index in [-0.39, 0.29) is 28.4 Å². The molecule has 0 saturated heterocycles. The van der Waals surface area contributed by atoms with Gasteiger partial charge in [-0.25, -0.2) is 4.98 Å². The predicted octanol–water partition coefficient (Wildman–Crippen LogP) is 14.1. The van der Waals surface area contributed by atoms with Gasteiger partial charge in [-0.1, -0.05) is 179 Å². The Balaban J connectivity index is 1.26. The molecule has 0 aliphatic carbocycles. The van der Waals surface area contributed by atoms with Gasteiger partial charge in [0.15, 0.2) is 0 Å². The number of aromatic nitrogens is 1. The Morgan fingerprint density at radius 1 is 0.443 bits per heavy atom. The highest BCUT2D eigenvalue weighted by atomic mass is 32.1. The number of hydrogen-bond donors (Lipinski definition) is 0. The Morgan fingerprint density at radius 3 is 1.34 bits per heavy atom. The average Bonchev–Trinajstić information content (AvgIpc) is 3.64. The number of anilines is 6. The SMILES string of the molecule is Cc1cc2c3c(c1)N(c1ccc(C(C)(C)C)cc1)c1sc(-c4ccc(-c5ccc(C(C)(C)C)cc5)cc4)nc1B3c1cc(C(C)(C)C)ccc1N2c1ccc(C(C)(C)C)cc1. The second-order valence-electron chi connectivity index (χ2n) is 21.6. The molecule has 5 heteroatoms. The van der Waals surface area contributed by atoms with Crippen molar-refractivity contribution in [2.75, 3.05) is 9.80 Å². The van der Waals surface area contributed by atoms with Crippen LogP contribution in [0.5, 0.6) is 0 Å². The van der Waals surface area contributed by atoms with Gasteiger partial charge >= 0.3 is 0 Å². The number of hydrogen-bond acceptors (Lipinski definition) is 4. The van der Waals surface area contributed by atoms with Crippen LogP contribution in [0.25, 0.3) is 21.7 Å². The van der Waals surface area contributed by atoms with Crippen molar-refractivity contribution in [1.29, 1.82) is 0 Å². The normalized spacial score (nSPS) is 13.9. The van der Waals surface area contributed by atoms with E-state index in [2.05, 4.69) is 227 Å². The minimum absolute atomic E-state index is 0.0228. The summed E-state index contributed by atoms with van der Waals surface area (Å²) >= 11 is 1.81. The van der Waals surface area contributed by atoms with Crippen LogP contribution in [0.1, 0.15) is 111 Å². The van der Waals surface area contributed by atoms with Gasteiger partial charge in [0, 0.05) is 34.0 Å². The summed E-state index contributed by atoms with van der Waals surface area (Å²) in [6, 6.07) is 48.6. The Kier molecular flexibility index (Phi) is 9.64. The van der Waals surface area contributed by atoms with Gasteiger partial charge in [-0.15, -0.1) is 0 Å². The average molecular weight is 818 g/mol. The first-order valence-electron chi connectivity index (χ1n) is 22.0. The van der Waals surface area contributed by atoms with E-state index in [4.69, 9.17) is 4.98 Å². The maximum absolute atomic E-state index is 5.73. The molecule has 0 bridgehead atoms. The first-order valence-corrected chi connectivity index (χ1v) is 22.8. The third-order valence-corrected chi connectivity index (χ3v) is 13.9. The standard InChI is InChI=1S/C56H60BN3S/c1-35-32-47-49-48(33-35)60(44-29-24-41(25-30-44)55(8,9)10)52-50(58-51(61-52)38-16-14-36(15-17-38)37-18-20-39(21-19-37)53(2,3)4)57(49)45-34-42(56(11,12)13)26-31-46(45)59(47)43-27-22-40(23-28-43)54(5,6)7/h14-34H,1-13H3. The number of nitrogens with zero attached hydrogens (tertiary/aromatic N) is 3. The fourth-order valence-electron chi connectivity index (χ4n) is 9.08. The van der Waals surface area contributed by atoms with E-state index in [0.717, 1.165) is 21.9 Å². The lowest BCUT2D eigenvalue weighted by atomic mass is 9.35. The van der Waals surface area contributed by atoms with Crippen LogP contribution in [0.3, 0.4) is 0 Å². The fourth-order valence-corrected chi connectivity index (χ4v) is 10.2. The zero-order valence-corrected chi connectivity index (χ0v) is 39.3. The number of thiazole rings is 1. The molecule has 0 atom stereocenters. The summed E-state index contributed by atoms with van der Waals surface area (Å²) in [5, 5.41) is 2.22. The maximum atomic E-state index is 5.73. The van der Waals surface area contributed by atoms with E-state index >= 15 is 0 Å². The van der Waals surface area contributed by atoms with E-state index < -0.39 is 0 Å². The van der Waals surface area contributed by atoms with Crippen molar-refractivity contribution in [3.05, 3.63) is 155 Å². The molecule has 9 rings (SSSR count). The Bertz CT molecular complexity index is 2770. The molecule has 6 aromatic carbocycles. The van der Waals surface area contributed by atoms with Crippen LogP contribution in [0, 0.1) is 6.92 Å². The lowest BCUT2D eigenvalue weighted by Crippen LogP contribution is -2.61. The second-order valence-corrected chi connectivity index (χ2v) is 22.5. The molecule has 0 spiro atoms. The van der Waals surface area contributed by atoms with Crippen LogP contribution in [0.4, 0.5) is 33.4 Å². The van der Waals surface area contributed by atoms with Crippen LogP contribution in [0.15, 0.2) is 127 Å². The highest BCUT2D eigenvalue weighted by Crippen LogP contribution is 2.48. The molecule has 0 unspecified atom stereocenters. The summed E-state index contributed by atoms with van der Waals surface area (Å²) in [4.78, 5) is 10.8. The van der Waals surface area contributed by atoms with Crippen LogP contribution in [-0.4, -0.2) is 11.7 Å². The zero-order valence-electron chi connectivity index (χ0n) is 38.5. The van der Waals surface area contributed by atoms with Gasteiger partial charge in [0.2, 0.25) is 0 Å². The quantitative estimate of drug-likeness (QED) is 0.165. The molecule has 61 heavy (non-hydrogen) atoms. The Hall–Kier alpha value is -5.39. The molecule has 0 saturated carbocycles. The molecular formula is C56H60BN3S. The van der Waals surface area contributed by atoms with Gasteiger partial charge in [0.05, 0.1) is 5.59 Å². The largest absolute Gasteiger partial charge is 0.311 e. The lowest BCUT2D eigenvalue weighted by molar-refractivity contribution is 0.590.